The van der Waals surface area contributed by atoms with Gasteiger partial charge in [0.1, 0.15) is 17.2 Å². The molecule has 0 saturated carbocycles. The van der Waals surface area contributed by atoms with Gasteiger partial charge in [0.05, 0.1) is 5.69 Å². The van der Waals surface area contributed by atoms with Crippen LogP contribution in [0, 0.1) is 6.92 Å². The number of ether oxygens (including phenoxy) is 2. The largest absolute Gasteiger partial charge is 0.454 e. The highest BCUT2D eigenvalue weighted by Crippen LogP contribution is 2.37. The summed E-state index contributed by atoms with van der Waals surface area (Å²) in [6, 6.07) is 17.7. The Bertz CT molecular complexity index is 1110. The Kier molecular flexibility index (Phi) is 3.28. The smallest absolute Gasteiger partial charge is 0.231 e. The van der Waals surface area contributed by atoms with Gasteiger partial charge in [0.15, 0.2) is 11.5 Å². The number of anilines is 2. The Hall–Kier alpha value is -3.54. The predicted molar refractivity (Wildman–Crippen MR) is 99.0 cm³/mol. The lowest BCUT2D eigenvalue weighted by Gasteiger charge is -2.11. The molecule has 0 bridgehead atoms. The van der Waals surface area contributed by atoms with Crippen molar-refractivity contribution >= 4 is 17.2 Å². The lowest BCUT2D eigenvalue weighted by molar-refractivity contribution is 0.174. The summed E-state index contributed by atoms with van der Waals surface area (Å²) in [7, 11) is 0. The summed E-state index contributed by atoms with van der Waals surface area (Å²) in [6.45, 7) is 2.31. The minimum atomic E-state index is 0.257. The first-order valence-corrected chi connectivity index (χ1v) is 8.36. The normalized spacial score (nSPS) is 12.5. The fourth-order valence-electron chi connectivity index (χ4n) is 3.16. The van der Waals surface area contributed by atoms with Gasteiger partial charge < -0.3 is 14.8 Å². The van der Waals surface area contributed by atoms with Gasteiger partial charge in [0, 0.05) is 23.6 Å². The highest BCUT2D eigenvalue weighted by molar-refractivity contribution is 5.78. The molecule has 128 valence electrons. The van der Waals surface area contributed by atoms with Crippen molar-refractivity contribution in [3.8, 4) is 22.9 Å². The van der Waals surface area contributed by atoms with Crippen LogP contribution in [0.3, 0.4) is 0 Å². The van der Waals surface area contributed by atoms with E-state index in [1.54, 1.807) is 6.20 Å². The fraction of sp³-hybridized carbons (Fsp3) is 0.100. The van der Waals surface area contributed by atoms with Crippen LogP contribution in [0.2, 0.25) is 0 Å². The Morgan fingerprint density at radius 1 is 1.00 bits per heavy atom. The molecule has 0 spiro atoms. The molecule has 1 aliphatic heterocycles. The predicted octanol–water partition coefficient (Wildman–Crippen LogP) is 4.18. The van der Waals surface area contributed by atoms with Gasteiger partial charge in [-0.1, -0.05) is 12.1 Å². The molecule has 0 aliphatic carbocycles. The maximum atomic E-state index is 5.49. The van der Waals surface area contributed by atoms with E-state index in [0.717, 1.165) is 45.7 Å². The van der Waals surface area contributed by atoms with Crippen molar-refractivity contribution in [2.24, 2.45) is 0 Å². The van der Waals surface area contributed by atoms with Gasteiger partial charge in [-0.2, -0.15) is 0 Å². The molecule has 1 aliphatic rings. The second-order valence-corrected chi connectivity index (χ2v) is 6.08. The number of hydrogen-bond acceptors (Lipinski definition) is 5. The minimum Gasteiger partial charge on any atom is -0.454 e. The Morgan fingerprint density at radius 3 is 2.81 bits per heavy atom. The monoisotopic (exact) mass is 344 g/mol. The third kappa shape index (κ3) is 2.35. The van der Waals surface area contributed by atoms with Gasteiger partial charge in [-0.15, -0.1) is 0 Å². The zero-order valence-corrected chi connectivity index (χ0v) is 14.1. The average Bonchev–Trinajstić information content (AvgIpc) is 3.28. The average molecular weight is 344 g/mol. The van der Waals surface area contributed by atoms with Crippen molar-refractivity contribution in [2.45, 2.75) is 6.92 Å². The number of fused-ring (bicyclic) bond motifs is 2. The second-order valence-electron chi connectivity index (χ2n) is 6.08. The topological polar surface area (TPSA) is 60.7 Å². The molecule has 0 unspecified atom stereocenters. The minimum absolute atomic E-state index is 0.257. The van der Waals surface area contributed by atoms with E-state index in [1.807, 2.05) is 48.5 Å². The molecule has 0 fully saturated rings. The van der Waals surface area contributed by atoms with E-state index in [4.69, 9.17) is 14.5 Å². The SMILES string of the molecule is Cc1cccc2nc(-c3ccccn3)c(Nc3ccc4c(c3)OCO4)n12. The maximum absolute atomic E-state index is 5.49. The Balaban J connectivity index is 1.68. The van der Waals surface area contributed by atoms with E-state index in [0.29, 0.717) is 0 Å². The lowest BCUT2D eigenvalue weighted by Crippen LogP contribution is -2.00. The summed E-state index contributed by atoms with van der Waals surface area (Å²) < 4.78 is 13.0. The first-order chi connectivity index (χ1) is 12.8. The van der Waals surface area contributed by atoms with Crippen molar-refractivity contribution in [1.29, 1.82) is 0 Å². The molecule has 6 heteroatoms. The second kappa shape index (κ2) is 5.77. The van der Waals surface area contributed by atoms with Crippen LogP contribution in [0.15, 0.2) is 60.8 Å². The van der Waals surface area contributed by atoms with Crippen LogP contribution in [0.25, 0.3) is 17.0 Å². The van der Waals surface area contributed by atoms with Crippen molar-refractivity contribution in [3.63, 3.8) is 0 Å². The number of hydrogen-bond donors (Lipinski definition) is 1. The molecule has 1 N–H and O–H groups in total. The van der Waals surface area contributed by atoms with Crippen LogP contribution >= 0.6 is 0 Å². The Morgan fingerprint density at radius 2 is 1.92 bits per heavy atom. The zero-order chi connectivity index (χ0) is 17.5. The number of imidazole rings is 1. The van der Waals surface area contributed by atoms with E-state index in [2.05, 4.69) is 27.7 Å². The van der Waals surface area contributed by atoms with Gasteiger partial charge in [0.25, 0.3) is 0 Å². The van der Waals surface area contributed by atoms with E-state index >= 15 is 0 Å². The van der Waals surface area contributed by atoms with Gasteiger partial charge in [-0.3, -0.25) is 9.38 Å². The van der Waals surface area contributed by atoms with Crippen molar-refractivity contribution in [2.75, 3.05) is 12.1 Å². The summed E-state index contributed by atoms with van der Waals surface area (Å²) >= 11 is 0. The number of pyridine rings is 2. The Labute approximate surface area is 150 Å². The van der Waals surface area contributed by atoms with Crippen LogP contribution in [0.4, 0.5) is 11.5 Å². The molecular weight excluding hydrogens is 328 g/mol. The first-order valence-electron chi connectivity index (χ1n) is 8.36. The molecule has 6 nitrogen and oxygen atoms in total. The van der Waals surface area contributed by atoms with E-state index in [9.17, 15) is 0 Å². The van der Waals surface area contributed by atoms with E-state index < -0.39 is 0 Å². The number of rotatable bonds is 3. The van der Waals surface area contributed by atoms with E-state index in [1.165, 1.54) is 0 Å². The number of nitrogens with one attached hydrogen (secondary N) is 1. The molecule has 4 aromatic rings. The molecule has 0 saturated heterocycles. The summed E-state index contributed by atoms with van der Waals surface area (Å²) in [4.78, 5) is 9.27. The van der Waals surface area contributed by atoms with Crippen molar-refractivity contribution < 1.29 is 9.47 Å². The molecular formula is C20H16N4O2. The van der Waals surface area contributed by atoms with Crippen LogP contribution in [-0.2, 0) is 0 Å². The molecule has 3 aromatic heterocycles. The van der Waals surface area contributed by atoms with Crippen LogP contribution in [0.5, 0.6) is 11.5 Å². The van der Waals surface area contributed by atoms with Gasteiger partial charge in [0.2, 0.25) is 6.79 Å². The third-order valence-electron chi connectivity index (χ3n) is 4.38. The number of aryl methyl sites for hydroxylation is 1. The molecule has 0 radical (unpaired) electrons. The van der Waals surface area contributed by atoms with Gasteiger partial charge >= 0.3 is 0 Å². The molecule has 4 heterocycles. The van der Waals surface area contributed by atoms with E-state index in [-0.39, 0.29) is 6.79 Å². The van der Waals surface area contributed by atoms with Gasteiger partial charge in [-0.25, -0.2) is 4.98 Å². The lowest BCUT2D eigenvalue weighted by atomic mass is 10.2. The number of benzene rings is 1. The highest BCUT2D eigenvalue weighted by atomic mass is 16.7. The highest BCUT2D eigenvalue weighted by Gasteiger charge is 2.18. The number of aromatic nitrogens is 3. The molecule has 0 atom stereocenters. The molecule has 1 aromatic carbocycles. The van der Waals surface area contributed by atoms with Crippen LogP contribution in [0.1, 0.15) is 5.69 Å². The zero-order valence-electron chi connectivity index (χ0n) is 14.1. The molecule has 26 heavy (non-hydrogen) atoms. The standard InChI is InChI=1S/C20H16N4O2/c1-13-5-4-7-18-23-19(15-6-2-3-10-21-15)20(24(13)18)22-14-8-9-16-17(11-14)26-12-25-16/h2-11,22H,12H2,1H3. The summed E-state index contributed by atoms with van der Waals surface area (Å²) in [5.74, 6) is 2.37. The summed E-state index contributed by atoms with van der Waals surface area (Å²) in [5, 5.41) is 3.49. The van der Waals surface area contributed by atoms with Crippen LogP contribution < -0.4 is 14.8 Å². The summed E-state index contributed by atoms with van der Waals surface area (Å²) in [6.07, 6.45) is 1.77. The fourth-order valence-corrected chi connectivity index (χ4v) is 3.16. The van der Waals surface area contributed by atoms with Crippen LogP contribution in [-0.4, -0.2) is 21.2 Å². The summed E-state index contributed by atoms with van der Waals surface area (Å²) in [5.41, 5.74) is 4.47. The van der Waals surface area contributed by atoms with Gasteiger partial charge in [-0.05, 0) is 43.3 Å². The molecule has 5 rings (SSSR count). The number of nitrogens with zero attached hydrogens (tertiary/aromatic N) is 3. The van der Waals surface area contributed by atoms with Crippen molar-refractivity contribution in [1.82, 2.24) is 14.4 Å². The first kappa shape index (κ1) is 14.8. The third-order valence-corrected chi connectivity index (χ3v) is 4.38. The quantitative estimate of drug-likeness (QED) is 0.604. The van der Waals surface area contributed by atoms with Crippen molar-refractivity contribution in [3.05, 3.63) is 66.5 Å². The molecule has 0 amide bonds. The maximum Gasteiger partial charge on any atom is 0.231 e.